The first kappa shape index (κ1) is 13.5. The highest BCUT2D eigenvalue weighted by molar-refractivity contribution is 5.76. The van der Waals surface area contributed by atoms with Crippen LogP contribution in [0.2, 0.25) is 0 Å². The van der Waals surface area contributed by atoms with E-state index in [4.69, 9.17) is 4.74 Å². The van der Waals surface area contributed by atoms with Crippen LogP contribution in [0, 0.1) is 0 Å². The van der Waals surface area contributed by atoms with Gasteiger partial charge in [0.05, 0.1) is 12.6 Å². The Kier molecular flexibility index (Phi) is 5.77. The first-order valence-corrected chi connectivity index (χ1v) is 6.20. The Morgan fingerprint density at radius 3 is 2.75 bits per heavy atom. The topological polar surface area (TPSA) is 41.6 Å². The molecule has 1 aliphatic rings. The fourth-order valence-electron chi connectivity index (χ4n) is 1.88. The quantitative estimate of drug-likeness (QED) is 0.674. The van der Waals surface area contributed by atoms with Crippen LogP contribution in [0.4, 0.5) is 0 Å². The lowest BCUT2D eigenvalue weighted by Crippen LogP contribution is -2.42. The third-order valence-electron chi connectivity index (χ3n) is 2.95. The maximum Gasteiger partial charge on any atom is 0.224 e. The van der Waals surface area contributed by atoms with Gasteiger partial charge in [0.15, 0.2) is 0 Å². The van der Waals surface area contributed by atoms with Crippen molar-refractivity contribution in [3.8, 4) is 0 Å². The van der Waals surface area contributed by atoms with Crippen molar-refractivity contribution in [1.82, 2.24) is 10.2 Å². The highest BCUT2D eigenvalue weighted by atomic mass is 16.5. The number of methoxy groups -OCH3 is 1. The molecule has 1 saturated carbocycles. The van der Waals surface area contributed by atoms with Gasteiger partial charge in [-0.1, -0.05) is 0 Å². The molecular formula is C12H24N2O2. The summed E-state index contributed by atoms with van der Waals surface area (Å²) in [6.07, 6.45) is 3.13. The Hall–Kier alpha value is -0.610. The minimum absolute atomic E-state index is 0.170. The molecular weight excluding hydrogens is 204 g/mol. The molecule has 1 fully saturated rings. The zero-order valence-corrected chi connectivity index (χ0v) is 10.7. The predicted octanol–water partition coefficient (Wildman–Crippen LogP) is 1.01. The van der Waals surface area contributed by atoms with Crippen LogP contribution in [0.5, 0.6) is 0 Å². The summed E-state index contributed by atoms with van der Waals surface area (Å²) in [5, 5.41) is 3.36. The first-order chi connectivity index (χ1) is 7.69. The van der Waals surface area contributed by atoms with E-state index in [1.807, 2.05) is 18.7 Å². The van der Waals surface area contributed by atoms with E-state index in [1.165, 1.54) is 12.8 Å². The Morgan fingerprint density at radius 1 is 1.56 bits per heavy atom. The van der Waals surface area contributed by atoms with Crippen molar-refractivity contribution in [1.29, 1.82) is 0 Å². The maximum atomic E-state index is 11.9. The normalized spacial score (nSPS) is 17.2. The molecule has 1 rings (SSSR count). The van der Waals surface area contributed by atoms with Gasteiger partial charge in [-0.25, -0.2) is 0 Å². The molecule has 0 spiro atoms. The fourth-order valence-corrected chi connectivity index (χ4v) is 1.88. The van der Waals surface area contributed by atoms with Crippen LogP contribution in [0.3, 0.4) is 0 Å². The third-order valence-corrected chi connectivity index (χ3v) is 2.95. The summed E-state index contributed by atoms with van der Waals surface area (Å²) >= 11 is 0. The molecule has 1 unspecified atom stereocenters. The van der Waals surface area contributed by atoms with Crippen molar-refractivity contribution in [3.05, 3.63) is 0 Å². The van der Waals surface area contributed by atoms with E-state index >= 15 is 0 Å². The molecule has 0 aromatic carbocycles. The number of ether oxygens (including phenoxy) is 1. The lowest BCUT2D eigenvalue weighted by molar-refractivity contribution is -0.133. The highest BCUT2D eigenvalue weighted by Gasteiger charge is 2.22. The molecule has 0 heterocycles. The number of carbonyl (C=O) groups is 1. The Balaban J connectivity index is 2.23. The van der Waals surface area contributed by atoms with Crippen LogP contribution in [0.25, 0.3) is 0 Å². The number of hydrogen-bond acceptors (Lipinski definition) is 3. The zero-order chi connectivity index (χ0) is 12.0. The minimum atomic E-state index is 0.170. The summed E-state index contributed by atoms with van der Waals surface area (Å²) < 4.78 is 5.08. The fraction of sp³-hybridized carbons (Fsp3) is 0.917. The average Bonchev–Trinajstić information content (AvgIpc) is 3.03. The molecule has 0 radical (unpaired) electrons. The molecule has 4 nitrogen and oxygen atoms in total. The lowest BCUT2D eigenvalue weighted by Gasteiger charge is -2.27. The predicted molar refractivity (Wildman–Crippen MR) is 64.4 cm³/mol. The molecule has 94 valence electrons. The molecule has 16 heavy (non-hydrogen) atoms. The van der Waals surface area contributed by atoms with Crippen LogP contribution >= 0.6 is 0 Å². The number of nitrogens with one attached hydrogen (secondary N) is 1. The van der Waals surface area contributed by atoms with Crippen LogP contribution in [0.15, 0.2) is 0 Å². The van der Waals surface area contributed by atoms with Gasteiger partial charge in [0.1, 0.15) is 0 Å². The monoisotopic (exact) mass is 228 g/mol. The van der Waals surface area contributed by atoms with Crippen LogP contribution in [0.1, 0.15) is 33.1 Å². The van der Waals surface area contributed by atoms with E-state index in [9.17, 15) is 4.79 Å². The molecule has 1 N–H and O–H groups in total. The van der Waals surface area contributed by atoms with Gasteiger partial charge < -0.3 is 15.0 Å². The molecule has 0 saturated heterocycles. The Labute approximate surface area is 98.3 Å². The summed E-state index contributed by atoms with van der Waals surface area (Å²) in [5.74, 6) is 0.222. The van der Waals surface area contributed by atoms with E-state index in [2.05, 4.69) is 5.32 Å². The largest absolute Gasteiger partial charge is 0.383 e. The number of nitrogens with zero attached hydrogens (tertiary/aromatic N) is 1. The van der Waals surface area contributed by atoms with Crippen molar-refractivity contribution in [2.75, 3.05) is 26.8 Å². The summed E-state index contributed by atoms with van der Waals surface area (Å²) in [6.45, 7) is 6.21. The van der Waals surface area contributed by atoms with Gasteiger partial charge in [-0.3, -0.25) is 4.79 Å². The number of amides is 1. The molecule has 0 aromatic heterocycles. The molecule has 4 heteroatoms. The van der Waals surface area contributed by atoms with E-state index in [0.29, 0.717) is 19.1 Å². The van der Waals surface area contributed by atoms with E-state index in [1.54, 1.807) is 7.11 Å². The van der Waals surface area contributed by atoms with Crippen LogP contribution in [-0.2, 0) is 9.53 Å². The van der Waals surface area contributed by atoms with Crippen LogP contribution in [-0.4, -0.2) is 49.7 Å². The smallest absolute Gasteiger partial charge is 0.224 e. The molecule has 0 aliphatic heterocycles. The zero-order valence-electron chi connectivity index (χ0n) is 10.7. The van der Waals surface area contributed by atoms with Crippen molar-refractivity contribution < 1.29 is 9.53 Å². The second-order valence-corrected chi connectivity index (χ2v) is 4.46. The van der Waals surface area contributed by atoms with Gasteiger partial charge in [0.2, 0.25) is 5.91 Å². The van der Waals surface area contributed by atoms with Gasteiger partial charge in [-0.15, -0.1) is 0 Å². The van der Waals surface area contributed by atoms with Crippen LogP contribution < -0.4 is 5.32 Å². The van der Waals surface area contributed by atoms with Gasteiger partial charge in [0, 0.05) is 32.7 Å². The number of likely N-dealkylation sites (N-methyl/N-ethyl adjacent to an activating group) is 1. The van der Waals surface area contributed by atoms with Crippen molar-refractivity contribution in [2.45, 2.75) is 45.2 Å². The third kappa shape index (κ3) is 4.49. The summed E-state index contributed by atoms with van der Waals surface area (Å²) in [5.41, 5.74) is 0. The highest BCUT2D eigenvalue weighted by Crippen LogP contribution is 2.18. The van der Waals surface area contributed by atoms with Gasteiger partial charge in [-0.2, -0.15) is 0 Å². The SMILES string of the molecule is CCN(C(=O)CCNC1CC1)C(C)COC. The second kappa shape index (κ2) is 6.86. The van der Waals surface area contributed by atoms with E-state index in [0.717, 1.165) is 13.1 Å². The molecule has 0 aromatic rings. The van der Waals surface area contributed by atoms with Gasteiger partial charge in [0.25, 0.3) is 0 Å². The van der Waals surface area contributed by atoms with Crippen molar-refractivity contribution in [3.63, 3.8) is 0 Å². The molecule has 1 atom stereocenters. The summed E-state index contributed by atoms with van der Waals surface area (Å²) in [7, 11) is 1.67. The second-order valence-electron chi connectivity index (χ2n) is 4.46. The average molecular weight is 228 g/mol. The number of rotatable bonds is 8. The van der Waals surface area contributed by atoms with Gasteiger partial charge >= 0.3 is 0 Å². The summed E-state index contributed by atoms with van der Waals surface area (Å²) in [6, 6.07) is 0.850. The first-order valence-electron chi connectivity index (χ1n) is 6.20. The number of carbonyl (C=O) groups excluding carboxylic acids is 1. The van der Waals surface area contributed by atoms with Crippen molar-refractivity contribution in [2.24, 2.45) is 0 Å². The molecule has 0 bridgehead atoms. The molecule has 1 aliphatic carbocycles. The minimum Gasteiger partial charge on any atom is -0.383 e. The molecule has 1 amide bonds. The van der Waals surface area contributed by atoms with Crippen molar-refractivity contribution >= 4 is 5.91 Å². The van der Waals surface area contributed by atoms with E-state index < -0.39 is 0 Å². The van der Waals surface area contributed by atoms with E-state index in [-0.39, 0.29) is 11.9 Å². The van der Waals surface area contributed by atoms with Gasteiger partial charge in [-0.05, 0) is 26.7 Å². The maximum absolute atomic E-state index is 11.9. The number of hydrogen-bond donors (Lipinski definition) is 1. The lowest BCUT2D eigenvalue weighted by atomic mass is 10.2. The summed E-state index contributed by atoms with van der Waals surface area (Å²) in [4.78, 5) is 13.8. The Morgan fingerprint density at radius 2 is 2.25 bits per heavy atom. The standard InChI is InChI=1S/C12H24N2O2/c1-4-14(10(2)9-16-3)12(15)7-8-13-11-5-6-11/h10-11,13H,4-9H2,1-3H3. The Bertz CT molecular complexity index is 217.